The monoisotopic (exact) mass is 184 g/mol. The predicted octanol–water partition coefficient (Wildman–Crippen LogP) is 1.59. The highest BCUT2D eigenvalue weighted by Crippen LogP contribution is 2.28. The minimum atomic E-state index is 0.336. The summed E-state index contributed by atoms with van der Waals surface area (Å²) in [5, 5.41) is 0.990. The number of nitrogen functional groups attached to an aromatic ring is 1. The van der Waals surface area contributed by atoms with E-state index in [1.807, 2.05) is 12.2 Å². The fraction of sp³-hybridized carbons (Fsp3) is 0.286. The lowest BCUT2D eigenvalue weighted by Gasteiger charge is -2.08. The molecule has 1 unspecified atom stereocenters. The lowest BCUT2D eigenvalue weighted by atomic mass is 10.1. The average molecular weight is 184 g/mol. The van der Waals surface area contributed by atoms with Gasteiger partial charge in [0.1, 0.15) is 0 Å². The molecule has 0 fully saturated rings. The van der Waals surface area contributed by atoms with Crippen LogP contribution in [0.2, 0.25) is 0 Å². The molecule has 0 spiro atoms. The minimum absolute atomic E-state index is 0.336. The summed E-state index contributed by atoms with van der Waals surface area (Å²) in [4.78, 5) is 5.42. The van der Waals surface area contributed by atoms with Gasteiger partial charge in [-0.05, 0) is 12.5 Å². The highest BCUT2D eigenvalue weighted by molar-refractivity contribution is 7.81. The Hall–Kier alpha value is -0.480. The van der Waals surface area contributed by atoms with Gasteiger partial charge in [-0.3, -0.25) is 0 Å². The van der Waals surface area contributed by atoms with Crippen molar-refractivity contribution in [2.24, 2.45) is 0 Å². The van der Waals surface area contributed by atoms with Crippen molar-refractivity contribution in [1.82, 2.24) is 4.98 Å². The van der Waals surface area contributed by atoms with Crippen molar-refractivity contribution in [1.29, 1.82) is 0 Å². The Morgan fingerprint density at radius 3 is 3.36 bits per heavy atom. The Morgan fingerprint density at radius 1 is 1.73 bits per heavy atom. The maximum Gasteiger partial charge on any atom is 0.180 e. The molecule has 1 aromatic rings. The topological polar surface area (TPSA) is 38.9 Å². The molecule has 0 radical (unpaired) electrons. The summed E-state index contributed by atoms with van der Waals surface area (Å²) in [6.07, 6.45) is 5.00. The second-order valence-corrected chi connectivity index (χ2v) is 4.27. The third-order valence-corrected chi connectivity index (χ3v) is 2.89. The molecule has 1 atom stereocenters. The van der Waals surface area contributed by atoms with Crippen molar-refractivity contribution in [2.45, 2.75) is 11.7 Å². The summed E-state index contributed by atoms with van der Waals surface area (Å²) in [5.74, 6) is 0. The van der Waals surface area contributed by atoms with Crippen LogP contribution < -0.4 is 5.73 Å². The molecule has 0 saturated carbocycles. The molecular weight excluding hydrogens is 176 g/mol. The maximum atomic E-state index is 5.55. The van der Waals surface area contributed by atoms with Crippen molar-refractivity contribution in [3.63, 3.8) is 0 Å². The number of aromatic nitrogens is 1. The van der Waals surface area contributed by atoms with Crippen LogP contribution >= 0.6 is 24.0 Å². The largest absolute Gasteiger partial charge is 0.375 e. The summed E-state index contributed by atoms with van der Waals surface area (Å²) in [6, 6.07) is 0. The Labute approximate surface area is 74.6 Å². The molecule has 2 N–H and O–H groups in total. The van der Waals surface area contributed by atoms with E-state index in [1.165, 1.54) is 4.88 Å². The van der Waals surface area contributed by atoms with Crippen LogP contribution in [0.25, 0.3) is 6.08 Å². The number of nitrogens with zero attached hydrogens (tertiary/aromatic N) is 1. The zero-order chi connectivity index (χ0) is 7.84. The number of nitrogens with two attached hydrogens (primary N) is 1. The molecule has 11 heavy (non-hydrogen) atoms. The van der Waals surface area contributed by atoms with Gasteiger partial charge < -0.3 is 5.73 Å². The van der Waals surface area contributed by atoms with Gasteiger partial charge in [-0.25, -0.2) is 4.98 Å². The first-order valence-corrected chi connectivity index (χ1v) is 4.70. The fourth-order valence-corrected chi connectivity index (χ4v) is 2.39. The van der Waals surface area contributed by atoms with Gasteiger partial charge >= 0.3 is 0 Å². The summed E-state index contributed by atoms with van der Waals surface area (Å²) in [5.41, 5.74) is 6.58. The van der Waals surface area contributed by atoms with E-state index < -0.39 is 0 Å². The van der Waals surface area contributed by atoms with Crippen molar-refractivity contribution in [3.05, 3.63) is 16.6 Å². The molecule has 0 amide bonds. The Bertz CT molecular complexity index is 303. The van der Waals surface area contributed by atoms with Gasteiger partial charge in [0.2, 0.25) is 0 Å². The third-order valence-electron chi connectivity index (χ3n) is 1.61. The average Bonchev–Trinajstić information content (AvgIpc) is 2.27. The second kappa shape index (κ2) is 2.53. The molecule has 0 aromatic carbocycles. The Balaban J connectivity index is 2.44. The standard InChI is InChI=1S/C7H8N2S2/c8-7-9-5-2-1-4(10)3-6(5)11-7/h1-2,4,10H,3H2,(H2,8,9). The second-order valence-electron chi connectivity index (χ2n) is 2.49. The van der Waals surface area contributed by atoms with Gasteiger partial charge in [-0.1, -0.05) is 6.08 Å². The molecule has 2 rings (SSSR count). The molecular formula is C7H8N2S2. The lowest BCUT2D eigenvalue weighted by molar-refractivity contribution is 1.03. The van der Waals surface area contributed by atoms with E-state index in [-0.39, 0.29) is 0 Å². The van der Waals surface area contributed by atoms with Crippen LogP contribution in [0.15, 0.2) is 6.08 Å². The van der Waals surface area contributed by atoms with Gasteiger partial charge in [0, 0.05) is 10.1 Å². The van der Waals surface area contributed by atoms with Crippen molar-refractivity contribution in [2.75, 3.05) is 5.73 Å². The van der Waals surface area contributed by atoms with E-state index in [2.05, 4.69) is 17.6 Å². The Kier molecular flexibility index (Phi) is 1.65. The number of rotatable bonds is 0. The van der Waals surface area contributed by atoms with E-state index in [1.54, 1.807) is 11.3 Å². The first-order valence-electron chi connectivity index (χ1n) is 3.37. The number of hydrogen-bond donors (Lipinski definition) is 2. The summed E-state index contributed by atoms with van der Waals surface area (Å²) < 4.78 is 0. The molecule has 0 saturated heterocycles. The summed E-state index contributed by atoms with van der Waals surface area (Å²) in [7, 11) is 0. The molecule has 0 aliphatic heterocycles. The first-order chi connectivity index (χ1) is 5.25. The van der Waals surface area contributed by atoms with E-state index in [4.69, 9.17) is 5.73 Å². The van der Waals surface area contributed by atoms with E-state index >= 15 is 0 Å². The number of thiol groups is 1. The first kappa shape index (κ1) is 7.18. The normalized spacial score (nSPS) is 21.7. The van der Waals surface area contributed by atoms with Crippen molar-refractivity contribution < 1.29 is 0 Å². The summed E-state index contributed by atoms with van der Waals surface area (Å²) in [6.45, 7) is 0. The number of anilines is 1. The highest BCUT2D eigenvalue weighted by Gasteiger charge is 2.14. The molecule has 1 aromatic heterocycles. The smallest absolute Gasteiger partial charge is 0.180 e. The lowest BCUT2D eigenvalue weighted by Crippen LogP contribution is -2.03. The van der Waals surface area contributed by atoms with E-state index in [0.29, 0.717) is 10.4 Å². The maximum absolute atomic E-state index is 5.55. The number of hydrogen-bond acceptors (Lipinski definition) is 4. The zero-order valence-corrected chi connectivity index (χ0v) is 7.53. The SMILES string of the molecule is Nc1nc2c(s1)CC(S)C=C2. The molecule has 58 valence electrons. The molecule has 4 heteroatoms. The van der Waals surface area contributed by atoms with Crippen molar-refractivity contribution in [3.8, 4) is 0 Å². The molecule has 1 aliphatic rings. The van der Waals surface area contributed by atoms with Crippen molar-refractivity contribution >= 4 is 35.2 Å². The van der Waals surface area contributed by atoms with Gasteiger partial charge in [0.05, 0.1) is 5.69 Å². The molecule has 1 aliphatic carbocycles. The fourth-order valence-electron chi connectivity index (χ4n) is 1.12. The quantitative estimate of drug-likeness (QED) is 0.601. The summed E-state index contributed by atoms with van der Waals surface area (Å²) >= 11 is 5.91. The van der Waals surface area contributed by atoms with Crippen LogP contribution in [0.1, 0.15) is 10.6 Å². The zero-order valence-electron chi connectivity index (χ0n) is 5.82. The van der Waals surface area contributed by atoms with Gasteiger partial charge in [-0.15, -0.1) is 11.3 Å². The number of thiazole rings is 1. The van der Waals surface area contributed by atoms with Gasteiger partial charge in [0.25, 0.3) is 0 Å². The van der Waals surface area contributed by atoms with Crippen LogP contribution in [0.3, 0.4) is 0 Å². The van der Waals surface area contributed by atoms with E-state index in [9.17, 15) is 0 Å². The van der Waals surface area contributed by atoms with Crippen LogP contribution in [0.5, 0.6) is 0 Å². The van der Waals surface area contributed by atoms with E-state index in [0.717, 1.165) is 12.1 Å². The third kappa shape index (κ3) is 1.28. The molecule has 1 heterocycles. The number of fused-ring (bicyclic) bond motifs is 1. The van der Waals surface area contributed by atoms with Crippen LogP contribution in [0, 0.1) is 0 Å². The minimum Gasteiger partial charge on any atom is -0.375 e. The van der Waals surface area contributed by atoms with Gasteiger partial charge in [0.15, 0.2) is 5.13 Å². The Morgan fingerprint density at radius 2 is 2.55 bits per heavy atom. The highest BCUT2D eigenvalue weighted by atomic mass is 32.1. The predicted molar refractivity (Wildman–Crippen MR) is 52.0 cm³/mol. The molecule has 0 bridgehead atoms. The van der Waals surface area contributed by atoms with Gasteiger partial charge in [-0.2, -0.15) is 12.6 Å². The van der Waals surface area contributed by atoms with Crippen LogP contribution in [0.4, 0.5) is 5.13 Å². The van der Waals surface area contributed by atoms with Crippen LogP contribution in [-0.2, 0) is 6.42 Å². The van der Waals surface area contributed by atoms with Crippen LogP contribution in [-0.4, -0.2) is 10.2 Å². The molecule has 2 nitrogen and oxygen atoms in total.